The maximum absolute atomic E-state index is 12.0. The number of anilines is 1. The van der Waals surface area contributed by atoms with Crippen molar-refractivity contribution in [1.29, 1.82) is 0 Å². The molecule has 2 rings (SSSR count). The van der Waals surface area contributed by atoms with Gasteiger partial charge in [-0.1, -0.05) is 28.1 Å². The molecule has 0 saturated heterocycles. The number of rotatable bonds is 5. The molecule has 2 aromatic rings. The number of benzene rings is 2. The van der Waals surface area contributed by atoms with E-state index in [0.717, 1.165) is 20.6 Å². The van der Waals surface area contributed by atoms with E-state index >= 15 is 0 Å². The lowest BCUT2D eigenvalue weighted by atomic mass is 9.91. The fourth-order valence-electron chi connectivity index (χ4n) is 2.02. The lowest BCUT2D eigenvalue weighted by Gasteiger charge is -2.29. The summed E-state index contributed by atoms with van der Waals surface area (Å²) in [5.41, 5.74) is 6.37. The number of nitrogens with one attached hydrogen (secondary N) is 1. The van der Waals surface area contributed by atoms with Gasteiger partial charge in [-0.3, -0.25) is 4.79 Å². The largest absolute Gasteiger partial charge is 0.368 e. The average molecular weight is 365 g/mol. The summed E-state index contributed by atoms with van der Waals surface area (Å²) in [6.45, 7) is 1.80. The number of carbonyl (C=O) groups excluding carboxylic acids is 1. The van der Waals surface area contributed by atoms with E-state index in [4.69, 9.17) is 5.73 Å². The third-order valence-corrected chi connectivity index (χ3v) is 4.67. The van der Waals surface area contributed by atoms with Gasteiger partial charge in [0.1, 0.15) is 5.54 Å². The Labute approximate surface area is 137 Å². The first kappa shape index (κ1) is 15.9. The number of nitrogens with two attached hydrogens (primary N) is 1. The van der Waals surface area contributed by atoms with Crippen molar-refractivity contribution in [2.45, 2.75) is 17.4 Å². The van der Waals surface area contributed by atoms with E-state index < -0.39 is 11.4 Å². The molecule has 0 spiro atoms. The topological polar surface area (TPSA) is 55.1 Å². The van der Waals surface area contributed by atoms with E-state index in [1.807, 2.05) is 54.8 Å². The van der Waals surface area contributed by atoms with Crippen molar-refractivity contribution in [3.05, 3.63) is 58.6 Å². The van der Waals surface area contributed by atoms with Crippen molar-refractivity contribution >= 4 is 39.3 Å². The first-order chi connectivity index (χ1) is 9.95. The second-order valence-electron chi connectivity index (χ2n) is 4.85. The molecule has 0 aromatic heterocycles. The quantitative estimate of drug-likeness (QED) is 0.788. The molecule has 1 amide bonds. The lowest BCUT2D eigenvalue weighted by molar-refractivity contribution is -0.122. The molecule has 0 aliphatic carbocycles. The summed E-state index contributed by atoms with van der Waals surface area (Å²) >= 11 is 5.05. The van der Waals surface area contributed by atoms with Crippen LogP contribution in [0.1, 0.15) is 12.5 Å². The van der Waals surface area contributed by atoms with Crippen molar-refractivity contribution in [2.24, 2.45) is 5.73 Å². The van der Waals surface area contributed by atoms with Crippen LogP contribution in [0.15, 0.2) is 57.9 Å². The second kappa shape index (κ2) is 6.54. The van der Waals surface area contributed by atoms with Crippen molar-refractivity contribution in [1.82, 2.24) is 0 Å². The maximum Gasteiger partial charge on any atom is 0.247 e. The Balaban J connectivity index is 2.34. The van der Waals surface area contributed by atoms with Crippen LogP contribution in [-0.4, -0.2) is 12.2 Å². The first-order valence-electron chi connectivity index (χ1n) is 6.44. The molecule has 110 valence electrons. The Bertz CT molecular complexity index is 628. The van der Waals surface area contributed by atoms with Gasteiger partial charge in [-0.05, 0) is 55.1 Å². The molecule has 0 radical (unpaired) electrons. The Morgan fingerprint density at radius 1 is 1.14 bits per heavy atom. The van der Waals surface area contributed by atoms with Crippen LogP contribution < -0.4 is 11.1 Å². The van der Waals surface area contributed by atoms with Gasteiger partial charge in [0, 0.05) is 15.1 Å². The zero-order valence-corrected chi connectivity index (χ0v) is 14.3. The normalized spacial score (nSPS) is 13.5. The van der Waals surface area contributed by atoms with Crippen LogP contribution in [0.5, 0.6) is 0 Å². The van der Waals surface area contributed by atoms with Gasteiger partial charge in [-0.15, -0.1) is 11.8 Å². The number of carbonyl (C=O) groups is 1. The van der Waals surface area contributed by atoms with Crippen LogP contribution in [0.4, 0.5) is 5.69 Å². The van der Waals surface area contributed by atoms with Crippen LogP contribution in [0.25, 0.3) is 0 Å². The number of amides is 1. The molecule has 0 fully saturated rings. The van der Waals surface area contributed by atoms with Gasteiger partial charge >= 0.3 is 0 Å². The summed E-state index contributed by atoms with van der Waals surface area (Å²) in [5, 5.41) is 3.23. The number of halogens is 1. The summed E-state index contributed by atoms with van der Waals surface area (Å²) in [7, 11) is 0. The minimum atomic E-state index is -0.954. The summed E-state index contributed by atoms with van der Waals surface area (Å²) in [6.07, 6.45) is 2.02. The second-order valence-corrected chi connectivity index (χ2v) is 6.64. The number of thioether (sulfide) groups is 1. The molecule has 1 atom stereocenters. The predicted molar refractivity (Wildman–Crippen MR) is 92.5 cm³/mol. The first-order valence-corrected chi connectivity index (χ1v) is 8.45. The van der Waals surface area contributed by atoms with Crippen molar-refractivity contribution in [3.63, 3.8) is 0 Å². The van der Waals surface area contributed by atoms with Gasteiger partial charge in [0.05, 0.1) is 0 Å². The molecule has 0 aliphatic rings. The summed E-state index contributed by atoms with van der Waals surface area (Å²) in [5.74, 6) is -0.415. The zero-order valence-electron chi connectivity index (χ0n) is 11.9. The van der Waals surface area contributed by atoms with E-state index in [9.17, 15) is 4.79 Å². The summed E-state index contributed by atoms with van der Waals surface area (Å²) < 4.78 is 0.984. The monoisotopic (exact) mass is 364 g/mol. The fourth-order valence-corrected chi connectivity index (χ4v) is 2.69. The number of hydrogen-bond donors (Lipinski definition) is 2. The molecule has 21 heavy (non-hydrogen) atoms. The molecule has 3 nitrogen and oxygen atoms in total. The number of hydrogen-bond acceptors (Lipinski definition) is 3. The highest BCUT2D eigenvalue weighted by atomic mass is 79.9. The minimum absolute atomic E-state index is 0.415. The van der Waals surface area contributed by atoms with Crippen LogP contribution in [0, 0.1) is 0 Å². The van der Waals surface area contributed by atoms with E-state index in [1.165, 1.54) is 0 Å². The van der Waals surface area contributed by atoms with Gasteiger partial charge in [0.15, 0.2) is 0 Å². The van der Waals surface area contributed by atoms with E-state index in [-0.39, 0.29) is 0 Å². The van der Waals surface area contributed by atoms with E-state index in [2.05, 4.69) is 21.2 Å². The minimum Gasteiger partial charge on any atom is -0.368 e. The Morgan fingerprint density at radius 3 is 2.19 bits per heavy atom. The van der Waals surface area contributed by atoms with Crippen LogP contribution in [-0.2, 0) is 10.3 Å². The smallest absolute Gasteiger partial charge is 0.247 e. The summed E-state index contributed by atoms with van der Waals surface area (Å²) in [4.78, 5) is 13.1. The van der Waals surface area contributed by atoms with E-state index in [0.29, 0.717) is 0 Å². The maximum atomic E-state index is 12.0. The third-order valence-electron chi connectivity index (χ3n) is 3.40. The van der Waals surface area contributed by atoms with E-state index in [1.54, 1.807) is 18.7 Å². The molecule has 2 aromatic carbocycles. The van der Waals surface area contributed by atoms with Crippen molar-refractivity contribution < 1.29 is 4.79 Å². The molecular weight excluding hydrogens is 348 g/mol. The van der Waals surface area contributed by atoms with Gasteiger partial charge in [-0.2, -0.15) is 0 Å². The fraction of sp³-hybridized carbons (Fsp3) is 0.188. The average Bonchev–Trinajstić information content (AvgIpc) is 2.49. The lowest BCUT2D eigenvalue weighted by Crippen LogP contribution is -2.45. The zero-order chi connectivity index (χ0) is 15.5. The van der Waals surface area contributed by atoms with Crippen molar-refractivity contribution in [3.8, 4) is 0 Å². The van der Waals surface area contributed by atoms with Gasteiger partial charge < -0.3 is 11.1 Å². The van der Waals surface area contributed by atoms with Crippen LogP contribution in [0.2, 0.25) is 0 Å². The molecule has 1 unspecified atom stereocenters. The summed E-state index contributed by atoms with van der Waals surface area (Å²) in [6, 6.07) is 15.5. The highest BCUT2D eigenvalue weighted by Gasteiger charge is 2.33. The molecule has 5 heteroatoms. The van der Waals surface area contributed by atoms with Gasteiger partial charge in [-0.25, -0.2) is 0 Å². The van der Waals surface area contributed by atoms with Gasteiger partial charge in [0.25, 0.3) is 0 Å². The molecule has 0 saturated carbocycles. The van der Waals surface area contributed by atoms with Crippen LogP contribution in [0.3, 0.4) is 0 Å². The predicted octanol–water partition coefficient (Wildman–Crippen LogP) is 3.98. The Hall–Kier alpha value is -1.46. The Kier molecular flexibility index (Phi) is 4.96. The number of primary amides is 1. The molecular formula is C16H17BrN2OS. The molecule has 3 N–H and O–H groups in total. The molecule has 0 bridgehead atoms. The van der Waals surface area contributed by atoms with Crippen LogP contribution >= 0.6 is 27.7 Å². The third kappa shape index (κ3) is 3.60. The Morgan fingerprint density at radius 2 is 1.71 bits per heavy atom. The molecule has 0 heterocycles. The highest BCUT2D eigenvalue weighted by Crippen LogP contribution is 2.28. The highest BCUT2D eigenvalue weighted by molar-refractivity contribution is 9.10. The van der Waals surface area contributed by atoms with Crippen molar-refractivity contribution in [2.75, 3.05) is 11.6 Å². The SMILES string of the molecule is CSc1ccc(C(C)(Nc2ccc(Br)cc2)C(N)=O)cc1. The standard InChI is InChI=1S/C16H17BrN2OS/c1-16(15(18)20,11-3-9-14(21-2)10-4-11)19-13-7-5-12(17)6-8-13/h3-10,19H,1-2H3,(H2,18,20). The van der Waals surface area contributed by atoms with Gasteiger partial charge in [0.2, 0.25) is 5.91 Å². The molecule has 0 aliphatic heterocycles.